The molecule has 172 valence electrons. The fourth-order valence-corrected chi connectivity index (χ4v) is 5.21. The molecule has 3 N–H and O–H groups in total. The minimum absolute atomic E-state index is 0.135. The van der Waals surface area contributed by atoms with Crippen LogP contribution in [-0.4, -0.2) is 33.3 Å². The Morgan fingerprint density at radius 2 is 1.73 bits per heavy atom. The standard InChI is InChI=1S/C27H29ClN2O2S/c1-17-8-10-19(11-9-17)12-14-29-27(33)30-15-13-21-18(2)25(31)26(32)24(28)23(21)22(30)16-20-6-4-3-5-7-20/h3-11,22,31-32H,12-16H2,1-2H3,(H,29,33). The van der Waals surface area contributed by atoms with E-state index in [0.29, 0.717) is 30.1 Å². The molecule has 0 fully saturated rings. The predicted octanol–water partition coefficient (Wildman–Crippen LogP) is 5.63. The van der Waals surface area contributed by atoms with Gasteiger partial charge in [0.05, 0.1) is 11.1 Å². The number of rotatable bonds is 5. The molecule has 6 heteroatoms. The van der Waals surface area contributed by atoms with Crippen LogP contribution in [-0.2, 0) is 19.3 Å². The quantitative estimate of drug-likeness (QED) is 0.326. The maximum Gasteiger partial charge on any atom is 0.177 e. The molecule has 0 bridgehead atoms. The highest BCUT2D eigenvalue weighted by Gasteiger charge is 2.34. The number of phenolic OH excluding ortho intramolecular Hbond substituents is 2. The Hall–Kier alpha value is -2.76. The average Bonchev–Trinajstić information content (AvgIpc) is 2.83. The Bertz CT molecular complexity index is 1150. The van der Waals surface area contributed by atoms with Gasteiger partial charge < -0.3 is 20.4 Å². The highest BCUT2D eigenvalue weighted by molar-refractivity contribution is 7.80. The zero-order chi connectivity index (χ0) is 23.5. The first-order valence-electron chi connectivity index (χ1n) is 11.2. The maximum atomic E-state index is 10.5. The van der Waals surface area contributed by atoms with Gasteiger partial charge in [0, 0.05) is 18.7 Å². The topological polar surface area (TPSA) is 55.7 Å². The Kier molecular flexibility index (Phi) is 7.11. The molecule has 0 aliphatic carbocycles. The molecule has 0 saturated heterocycles. The molecule has 0 saturated carbocycles. The third-order valence-electron chi connectivity index (χ3n) is 6.46. The van der Waals surface area contributed by atoms with Crippen molar-refractivity contribution in [1.29, 1.82) is 0 Å². The zero-order valence-electron chi connectivity index (χ0n) is 18.9. The third kappa shape index (κ3) is 4.94. The van der Waals surface area contributed by atoms with Crippen LogP contribution >= 0.6 is 23.8 Å². The number of hydrogen-bond acceptors (Lipinski definition) is 3. The van der Waals surface area contributed by atoms with E-state index >= 15 is 0 Å². The van der Waals surface area contributed by atoms with Crippen LogP contribution in [0.2, 0.25) is 5.02 Å². The number of hydrogen-bond donors (Lipinski definition) is 3. The van der Waals surface area contributed by atoms with Gasteiger partial charge in [0.25, 0.3) is 0 Å². The summed E-state index contributed by atoms with van der Waals surface area (Å²) in [7, 11) is 0. The SMILES string of the molecule is Cc1ccc(CCNC(=S)N2CCc3c(C)c(O)c(O)c(Cl)c3C2Cc2ccccc2)cc1. The second kappa shape index (κ2) is 10.0. The van der Waals surface area contributed by atoms with Gasteiger partial charge in [-0.05, 0) is 67.6 Å². The van der Waals surface area contributed by atoms with Crippen molar-refractivity contribution in [3.05, 3.63) is 93.0 Å². The summed E-state index contributed by atoms with van der Waals surface area (Å²) in [5, 5.41) is 25.1. The van der Waals surface area contributed by atoms with Crippen molar-refractivity contribution in [3.8, 4) is 11.5 Å². The minimum atomic E-state index is -0.258. The first-order valence-corrected chi connectivity index (χ1v) is 12.0. The Labute approximate surface area is 205 Å². The highest BCUT2D eigenvalue weighted by atomic mass is 35.5. The number of thiocarbonyl (C=S) groups is 1. The fraction of sp³-hybridized carbons (Fsp3) is 0.296. The van der Waals surface area contributed by atoms with Crippen LogP contribution in [0.4, 0.5) is 0 Å². The second-order valence-corrected chi connectivity index (χ2v) is 9.41. The Morgan fingerprint density at radius 1 is 1.03 bits per heavy atom. The van der Waals surface area contributed by atoms with E-state index in [4.69, 9.17) is 23.8 Å². The van der Waals surface area contributed by atoms with Gasteiger partial charge in [-0.3, -0.25) is 0 Å². The second-order valence-electron chi connectivity index (χ2n) is 8.64. The summed E-state index contributed by atoms with van der Waals surface area (Å²) in [6, 6.07) is 18.6. The number of fused-ring (bicyclic) bond motifs is 1. The summed E-state index contributed by atoms with van der Waals surface area (Å²) in [5.41, 5.74) is 6.20. The van der Waals surface area contributed by atoms with Crippen molar-refractivity contribution in [3.63, 3.8) is 0 Å². The smallest absolute Gasteiger partial charge is 0.177 e. The number of aryl methyl sites for hydroxylation is 1. The summed E-state index contributed by atoms with van der Waals surface area (Å²) in [4.78, 5) is 2.17. The third-order valence-corrected chi connectivity index (χ3v) is 7.22. The Balaban J connectivity index is 1.60. The molecular formula is C27H29ClN2O2S. The van der Waals surface area contributed by atoms with Crippen molar-refractivity contribution in [1.82, 2.24) is 10.2 Å². The van der Waals surface area contributed by atoms with Crippen LogP contribution in [0.25, 0.3) is 0 Å². The summed E-state index contributed by atoms with van der Waals surface area (Å²) >= 11 is 12.4. The lowest BCUT2D eigenvalue weighted by molar-refractivity contribution is 0.290. The van der Waals surface area contributed by atoms with E-state index in [9.17, 15) is 10.2 Å². The molecule has 3 aromatic carbocycles. The van der Waals surface area contributed by atoms with Gasteiger partial charge >= 0.3 is 0 Å². The van der Waals surface area contributed by atoms with Crippen LogP contribution < -0.4 is 5.32 Å². The summed E-state index contributed by atoms with van der Waals surface area (Å²) in [6.45, 7) is 5.36. The lowest BCUT2D eigenvalue weighted by Crippen LogP contribution is -2.47. The zero-order valence-corrected chi connectivity index (χ0v) is 20.5. The van der Waals surface area contributed by atoms with Crippen LogP contribution in [0.5, 0.6) is 11.5 Å². The van der Waals surface area contributed by atoms with E-state index in [2.05, 4.69) is 53.5 Å². The number of nitrogens with zero attached hydrogens (tertiary/aromatic N) is 1. The van der Waals surface area contributed by atoms with Crippen molar-refractivity contribution < 1.29 is 10.2 Å². The van der Waals surface area contributed by atoms with Gasteiger partial charge in [0.1, 0.15) is 0 Å². The van der Waals surface area contributed by atoms with Crippen LogP contribution in [0.15, 0.2) is 54.6 Å². The minimum Gasteiger partial charge on any atom is -0.504 e. The van der Waals surface area contributed by atoms with Crippen LogP contribution in [0, 0.1) is 13.8 Å². The molecule has 33 heavy (non-hydrogen) atoms. The van der Waals surface area contributed by atoms with E-state index in [1.165, 1.54) is 11.1 Å². The summed E-state index contributed by atoms with van der Waals surface area (Å²) in [6.07, 6.45) is 2.26. The number of halogens is 1. The molecule has 4 nitrogen and oxygen atoms in total. The molecule has 0 amide bonds. The summed E-state index contributed by atoms with van der Waals surface area (Å²) in [5.74, 6) is -0.393. The number of nitrogens with one attached hydrogen (secondary N) is 1. The molecular weight excluding hydrogens is 452 g/mol. The van der Waals surface area contributed by atoms with Gasteiger partial charge in [0.15, 0.2) is 16.6 Å². The lowest BCUT2D eigenvalue weighted by Gasteiger charge is -2.40. The van der Waals surface area contributed by atoms with E-state index in [1.807, 2.05) is 25.1 Å². The van der Waals surface area contributed by atoms with Gasteiger partial charge in [-0.2, -0.15) is 0 Å². The molecule has 0 spiro atoms. The van der Waals surface area contributed by atoms with Gasteiger partial charge in [0.2, 0.25) is 0 Å². The molecule has 1 aliphatic heterocycles. The predicted molar refractivity (Wildman–Crippen MR) is 138 cm³/mol. The van der Waals surface area contributed by atoms with E-state index in [-0.39, 0.29) is 22.6 Å². The molecule has 4 rings (SSSR count). The van der Waals surface area contributed by atoms with E-state index in [0.717, 1.165) is 29.7 Å². The molecule has 0 radical (unpaired) electrons. The number of benzene rings is 3. The molecule has 1 atom stereocenters. The maximum absolute atomic E-state index is 10.5. The van der Waals surface area contributed by atoms with Crippen molar-refractivity contribution >= 4 is 28.9 Å². The van der Waals surface area contributed by atoms with Crippen molar-refractivity contribution in [2.75, 3.05) is 13.1 Å². The highest BCUT2D eigenvalue weighted by Crippen LogP contribution is 2.47. The normalized spacial score (nSPS) is 15.2. The van der Waals surface area contributed by atoms with Gasteiger partial charge in [-0.1, -0.05) is 71.8 Å². The first-order chi connectivity index (χ1) is 15.9. The molecule has 1 heterocycles. The van der Waals surface area contributed by atoms with Crippen LogP contribution in [0.1, 0.15) is 39.4 Å². The fourth-order valence-electron chi connectivity index (χ4n) is 4.56. The average molecular weight is 481 g/mol. The number of aromatic hydroxyl groups is 2. The number of phenols is 2. The monoisotopic (exact) mass is 480 g/mol. The molecule has 1 aliphatic rings. The van der Waals surface area contributed by atoms with Crippen molar-refractivity contribution in [2.45, 2.75) is 39.2 Å². The van der Waals surface area contributed by atoms with Gasteiger partial charge in [-0.25, -0.2) is 0 Å². The lowest BCUT2D eigenvalue weighted by atomic mass is 9.85. The molecule has 0 aromatic heterocycles. The largest absolute Gasteiger partial charge is 0.504 e. The van der Waals surface area contributed by atoms with Gasteiger partial charge in [-0.15, -0.1) is 0 Å². The first kappa shape index (κ1) is 23.4. The molecule has 1 unspecified atom stereocenters. The van der Waals surface area contributed by atoms with E-state index in [1.54, 1.807) is 0 Å². The van der Waals surface area contributed by atoms with Crippen LogP contribution in [0.3, 0.4) is 0 Å². The Morgan fingerprint density at radius 3 is 2.42 bits per heavy atom. The summed E-state index contributed by atoms with van der Waals surface area (Å²) < 4.78 is 0. The van der Waals surface area contributed by atoms with Crippen molar-refractivity contribution in [2.24, 2.45) is 0 Å². The van der Waals surface area contributed by atoms with E-state index < -0.39 is 0 Å². The molecule has 3 aromatic rings.